The number of hydrogen-bond acceptors (Lipinski definition) is 6. The molecule has 1 aromatic rings. The normalized spacial score (nSPS) is 18.9. The molecule has 7 heteroatoms. The van der Waals surface area contributed by atoms with Crippen LogP contribution in [0, 0.1) is 0 Å². The van der Waals surface area contributed by atoms with E-state index in [-0.39, 0.29) is 5.91 Å². The van der Waals surface area contributed by atoms with Gasteiger partial charge >= 0.3 is 0 Å². The number of nitrogens with one attached hydrogen (secondary N) is 2. The van der Waals surface area contributed by atoms with Crippen LogP contribution in [-0.2, 0) is 0 Å². The van der Waals surface area contributed by atoms with Gasteiger partial charge in [-0.05, 0) is 39.6 Å². The fraction of sp³-hybridized carbons (Fsp3) is 0.643. The van der Waals surface area contributed by atoms with Crippen molar-refractivity contribution >= 4 is 39.7 Å². The third-order valence-corrected chi connectivity index (χ3v) is 5.94. The lowest BCUT2D eigenvalue weighted by molar-refractivity contribution is 0.0960. The van der Waals surface area contributed by atoms with E-state index in [4.69, 9.17) is 5.73 Å². The van der Waals surface area contributed by atoms with Gasteiger partial charge in [0.15, 0.2) is 0 Å². The van der Waals surface area contributed by atoms with Crippen LogP contribution in [0.15, 0.2) is 4.90 Å². The Labute approximate surface area is 134 Å². The summed E-state index contributed by atoms with van der Waals surface area (Å²) in [7, 11) is 2.16. The predicted molar refractivity (Wildman–Crippen MR) is 92.7 cm³/mol. The molecule has 0 saturated carbocycles. The van der Waals surface area contributed by atoms with E-state index >= 15 is 0 Å². The van der Waals surface area contributed by atoms with Crippen LogP contribution in [0.25, 0.3) is 0 Å². The maximum Gasteiger partial charge on any atom is 0.263 e. The molecular weight excluding hydrogens is 304 g/mol. The monoisotopic (exact) mass is 328 g/mol. The molecule has 4 N–H and O–H groups in total. The molecule has 0 aromatic carbocycles. The number of amides is 1. The van der Waals surface area contributed by atoms with E-state index < -0.39 is 0 Å². The van der Waals surface area contributed by atoms with Gasteiger partial charge in [0.1, 0.15) is 9.88 Å². The first-order valence-corrected chi connectivity index (χ1v) is 9.31. The molecule has 2 rings (SSSR count). The third kappa shape index (κ3) is 3.64. The van der Waals surface area contributed by atoms with Crippen LogP contribution < -0.4 is 16.4 Å². The highest BCUT2D eigenvalue weighted by Crippen LogP contribution is 2.41. The SMILES string of the molecule is CCNC(=O)c1sc(NCC2CCCN2C)c(SC)c1N. The van der Waals surface area contributed by atoms with Crippen LogP contribution in [-0.4, -0.2) is 49.8 Å². The first kappa shape index (κ1) is 16.5. The van der Waals surface area contributed by atoms with E-state index in [0.29, 0.717) is 23.2 Å². The lowest BCUT2D eigenvalue weighted by Crippen LogP contribution is -2.31. The predicted octanol–water partition coefficient (Wildman–Crippen LogP) is 2.31. The molecule has 0 bridgehead atoms. The van der Waals surface area contributed by atoms with E-state index in [1.165, 1.54) is 30.7 Å². The number of carbonyl (C=O) groups is 1. The van der Waals surface area contributed by atoms with Gasteiger partial charge in [-0.1, -0.05) is 0 Å². The van der Waals surface area contributed by atoms with E-state index in [1.807, 2.05) is 13.2 Å². The van der Waals surface area contributed by atoms with Crippen molar-refractivity contribution in [3.63, 3.8) is 0 Å². The number of hydrogen-bond donors (Lipinski definition) is 3. The van der Waals surface area contributed by atoms with E-state index in [9.17, 15) is 4.79 Å². The summed E-state index contributed by atoms with van der Waals surface area (Å²) in [5.41, 5.74) is 6.73. The number of nitrogen functional groups attached to an aromatic ring is 1. The van der Waals surface area contributed by atoms with Gasteiger partial charge in [-0.2, -0.15) is 0 Å². The van der Waals surface area contributed by atoms with Gasteiger partial charge in [0.2, 0.25) is 0 Å². The highest BCUT2D eigenvalue weighted by Gasteiger charge is 2.23. The number of thiophene rings is 1. The maximum absolute atomic E-state index is 12.0. The minimum Gasteiger partial charge on any atom is -0.396 e. The molecule has 1 aliphatic heterocycles. The maximum atomic E-state index is 12.0. The summed E-state index contributed by atoms with van der Waals surface area (Å²) < 4.78 is 0. The van der Waals surface area contributed by atoms with Crippen molar-refractivity contribution in [1.29, 1.82) is 0 Å². The highest BCUT2D eigenvalue weighted by molar-refractivity contribution is 7.99. The number of likely N-dealkylation sites (N-methyl/N-ethyl adjacent to an activating group) is 1. The Kier molecular flexibility index (Phi) is 5.78. The lowest BCUT2D eigenvalue weighted by Gasteiger charge is -2.20. The number of thioether (sulfide) groups is 1. The van der Waals surface area contributed by atoms with Crippen LogP contribution in [0.4, 0.5) is 10.7 Å². The van der Waals surface area contributed by atoms with E-state index in [1.54, 1.807) is 11.8 Å². The van der Waals surface area contributed by atoms with Crippen LogP contribution >= 0.6 is 23.1 Å². The Bertz CT molecular complexity index is 503. The summed E-state index contributed by atoms with van der Waals surface area (Å²) in [5.74, 6) is -0.0821. The summed E-state index contributed by atoms with van der Waals surface area (Å²) in [4.78, 5) is 16.0. The van der Waals surface area contributed by atoms with E-state index in [0.717, 1.165) is 16.4 Å². The van der Waals surface area contributed by atoms with Crippen LogP contribution in [0.3, 0.4) is 0 Å². The number of likely N-dealkylation sites (tertiary alicyclic amines) is 1. The first-order valence-electron chi connectivity index (χ1n) is 7.27. The topological polar surface area (TPSA) is 70.4 Å². The number of carbonyl (C=O) groups excluding carboxylic acids is 1. The zero-order chi connectivity index (χ0) is 15.4. The van der Waals surface area contributed by atoms with Crippen molar-refractivity contribution in [2.75, 3.05) is 44.0 Å². The Hall–Kier alpha value is -0.920. The van der Waals surface area contributed by atoms with Gasteiger partial charge in [0.25, 0.3) is 5.91 Å². The summed E-state index contributed by atoms with van der Waals surface area (Å²) in [6.45, 7) is 4.59. The number of nitrogens with two attached hydrogens (primary N) is 1. The Morgan fingerprint density at radius 1 is 1.57 bits per heavy atom. The summed E-state index contributed by atoms with van der Waals surface area (Å²) in [6, 6.07) is 0.566. The van der Waals surface area contributed by atoms with Crippen molar-refractivity contribution in [2.24, 2.45) is 0 Å². The fourth-order valence-electron chi connectivity index (χ4n) is 2.61. The molecule has 5 nitrogen and oxygen atoms in total. The molecule has 2 heterocycles. The highest BCUT2D eigenvalue weighted by atomic mass is 32.2. The molecule has 0 radical (unpaired) electrons. The smallest absolute Gasteiger partial charge is 0.263 e. The minimum absolute atomic E-state index is 0.0821. The average Bonchev–Trinajstić information content (AvgIpc) is 3.00. The molecular formula is C14H24N4OS2. The van der Waals surface area contributed by atoms with Crippen molar-refractivity contribution in [2.45, 2.75) is 30.7 Å². The first-order chi connectivity index (χ1) is 10.1. The van der Waals surface area contributed by atoms with Gasteiger partial charge < -0.3 is 21.3 Å². The van der Waals surface area contributed by atoms with Crippen molar-refractivity contribution in [1.82, 2.24) is 10.2 Å². The molecule has 1 amide bonds. The summed E-state index contributed by atoms with van der Waals surface area (Å²) >= 11 is 3.05. The van der Waals surface area contributed by atoms with Crippen LogP contribution in [0.2, 0.25) is 0 Å². The third-order valence-electron chi connectivity index (χ3n) is 3.82. The Morgan fingerprint density at radius 3 is 2.90 bits per heavy atom. The van der Waals surface area contributed by atoms with Crippen molar-refractivity contribution in [3.8, 4) is 0 Å². The van der Waals surface area contributed by atoms with Crippen molar-refractivity contribution in [3.05, 3.63) is 4.88 Å². The number of rotatable bonds is 6. The Balaban J connectivity index is 2.11. The molecule has 0 aliphatic carbocycles. The summed E-state index contributed by atoms with van der Waals surface area (Å²) in [6.07, 6.45) is 4.48. The van der Waals surface area contributed by atoms with E-state index in [2.05, 4.69) is 22.6 Å². The molecule has 1 saturated heterocycles. The minimum atomic E-state index is -0.0821. The largest absolute Gasteiger partial charge is 0.396 e. The fourth-order valence-corrected chi connectivity index (χ4v) is 4.56. The van der Waals surface area contributed by atoms with Gasteiger partial charge in [-0.25, -0.2) is 0 Å². The van der Waals surface area contributed by atoms with Crippen molar-refractivity contribution < 1.29 is 4.79 Å². The molecule has 0 spiro atoms. The number of anilines is 2. The standard InChI is InChI=1S/C14H24N4OS2/c1-4-16-13(19)11-10(15)12(20-3)14(21-11)17-8-9-6-5-7-18(9)2/h9,17H,4-8,15H2,1-3H3,(H,16,19). The Morgan fingerprint density at radius 2 is 2.33 bits per heavy atom. The van der Waals surface area contributed by atoms with Gasteiger partial charge in [-0.3, -0.25) is 4.79 Å². The molecule has 1 fully saturated rings. The zero-order valence-electron chi connectivity index (χ0n) is 12.9. The quantitative estimate of drug-likeness (QED) is 0.699. The molecule has 1 unspecified atom stereocenters. The second kappa shape index (κ2) is 7.38. The number of nitrogens with zero attached hydrogens (tertiary/aromatic N) is 1. The van der Waals surface area contributed by atoms with Crippen LogP contribution in [0.1, 0.15) is 29.4 Å². The van der Waals surface area contributed by atoms with Crippen LogP contribution in [0.5, 0.6) is 0 Å². The molecule has 1 aromatic heterocycles. The van der Waals surface area contributed by atoms with Gasteiger partial charge in [0.05, 0.1) is 10.6 Å². The second-order valence-corrected chi connectivity index (χ2v) is 7.06. The lowest BCUT2D eigenvalue weighted by atomic mass is 10.2. The molecule has 118 valence electrons. The summed E-state index contributed by atoms with van der Waals surface area (Å²) in [5, 5.41) is 7.32. The van der Waals surface area contributed by atoms with Gasteiger partial charge in [-0.15, -0.1) is 23.1 Å². The molecule has 21 heavy (non-hydrogen) atoms. The second-order valence-electron chi connectivity index (χ2n) is 5.22. The molecule has 1 aliphatic rings. The average molecular weight is 329 g/mol. The van der Waals surface area contributed by atoms with Gasteiger partial charge in [0, 0.05) is 19.1 Å². The zero-order valence-corrected chi connectivity index (χ0v) is 14.5. The molecule has 1 atom stereocenters.